The third-order valence-electron chi connectivity index (χ3n) is 6.08. The highest BCUT2D eigenvalue weighted by Crippen LogP contribution is 2.58. The van der Waals surface area contributed by atoms with E-state index in [1.807, 2.05) is 41.8 Å². The Kier molecular flexibility index (Phi) is 3.04. The molecule has 0 saturated carbocycles. The molecule has 3 nitrogen and oxygen atoms in total. The molecule has 2 bridgehead atoms. The smallest absolute Gasteiger partial charge is 0.237 e. The van der Waals surface area contributed by atoms with Gasteiger partial charge in [0.1, 0.15) is 5.76 Å². The topological polar surface area (TPSA) is 54.4 Å². The fraction of sp³-hybridized carbons (Fsp3) is 0.0833. The second kappa shape index (κ2) is 5.40. The Morgan fingerprint density at radius 2 is 1.25 bits per heavy atom. The van der Waals surface area contributed by atoms with Crippen molar-refractivity contribution in [3.05, 3.63) is 110 Å². The number of ketones is 2. The van der Waals surface area contributed by atoms with Crippen molar-refractivity contribution in [2.24, 2.45) is 0 Å². The van der Waals surface area contributed by atoms with Gasteiger partial charge in [0.15, 0.2) is 0 Å². The van der Waals surface area contributed by atoms with Crippen LogP contribution in [0.5, 0.6) is 0 Å². The molecule has 0 unspecified atom stereocenters. The van der Waals surface area contributed by atoms with Crippen LogP contribution in [0, 0.1) is 0 Å². The van der Waals surface area contributed by atoms with E-state index in [1.54, 1.807) is 11.4 Å². The van der Waals surface area contributed by atoms with E-state index in [9.17, 15) is 14.7 Å². The van der Waals surface area contributed by atoms with Gasteiger partial charge in [-0.05, 0) is 39.1 Å². The van der Waals surface area contributed by atoms with Crippen LogP contribution in [0.15, 0.2) is 82.3 Å². The van der Waals surface area contributed by atoms with Crippen molar-refractivity contribution in [3.8, 4) is 0 Å². The maximum Gasteiger partial charge on any atom is 0.237 e. The Labute approximate surface area is 165 Å². The molecule has 1 heterocycles. The van der Waals surface area contributed by atoms with Crippen LogP contribution >= 0.6 is 11.3 Å². The molecule has 0 spiro atoms. The average molecular weight is 382 g/mol. The van der Waals surface area contributed by atoms with E-state index in [1.165, 1.54) is 11.3 Å². The number of hydrogen-bond acceptors (Lipinski definition) is 4. The lowest BCUT2D eigenvalue weighted by Gasteiger charge is -2.44. The number of rotatable bonds is 1. The van der Waals surface area contributed by atoms with Crippen LogP contribution in [0.4, 0.5) is 0 Å². The van der Waals surface area contributed by atoms with E-state index >= 15 is 0 Å². The van der Waals surface area contributed by atoms with Crippen LogP contribution in [-0.2, 0) is 9.59 Å². The Balaban J connectivity index is 1.72. The van der Waals surface area contributed by atoms with Crippen molar-refractivity contribution >= 4 is 28.5 Å². The molecule has 7 rings (SSSR count). The van der Waals surface area contributed by atoms with Gasteiger partial charge in [-0.25, -0.2) is 0 Å². The molecule has 4 aliphatic rings. The summed E-state index contributed by atoms with van der Waals surface area (Å²) in [4.78, 5) is 26.3. The molecular formula is C24H14O3S. The maximum atomic E-state index is 13.3. The summed E-state index contributed by atoms with van der Waals surface area (Å²) < 4.78 is 0. The van der Waals surface area contributed by atoms with Gasteiger partial charge in [-0.3, -0.25) is 9.59 Å². The quantitative estimate of drug-likeness (QED) is 0.488. The van der Waals surface area contributed by atoms with Crippen LogP contribution in [0.1, 0.15) is 39.7 Å². The predicted molar refractivity (Wildman–Crippen MR) is 107 cm³/mol. The molecule has 3 aromatic rings. The summed E-state index contributed by atoms with van der Waals surface area (Å²) in [6.07, 6.45) is 0. The van der Waals surface area contributed by atoms with Crippen molar-refractivity contribution < 1.29 is 14.7 Å². The van der Waals surface area contributed by atoms with Crippen molar-refractivity contribution in [3.63, 3.8) is 0 Å². The summed E-state index contributed by atoms with van der Waals surface area (Å²) in [5, 5.41) is 14.9. The summed E-state index contributed by atoms with van der Waals surface area (Å²) in [5.41, 5.74) is 6.10. The molecule has 1 N–H and O–H groups in total. The molecule has 2 aromatic carbocycles. The zero-order valence-electron chi connectivity index (χ0n) is 14.7. The molecule has 28 heavy (non-hydrogen) atoms. The van der Waals surface area contributed by atoms with Crippen molar-refractivity contribution in [1.82, 2.24) is 0 Å². The van der Waals surface area contributed by atoms with Gasteiger partial charge in [0.05, 0.1) is 5.57 Å². The molecule has 0 saturated heterocycles. The highest BCUT2D eigenvalue weighted by molar-refractivity contribution is 7.08. The monoisotopic (exact) mass is 382 g/mol. The Hall–Kier alpha value is -3.24. The number of benzene rings is 2. The molecule has 0 radical (unpaired) electrons. The Morgan fingerprint density at radius 3 is 1.75 bits per heavy atom. The van der Waals surface area contributed by atoms with E-state index < -0.39 is 11.6 Å². The zero-order valence-corrected chi connectivity index (χ0v) is 15.5. The highest BCUT2D eigenvalue weighted by atomic mass is 32.1. The first-order valence-electron chi connectivity index (χ1n) is 9.15. The molecule has 1 aromatic heterocycles. The number of Topliss-reactive ketones (excluding diaryl/α,β-unsaturated/α-hetero) is 2. The predicted octanol–water partition coefficient (Wildman–Crippen LogP) is 4.76. The third-order valence-corrected chi connectivity index (χ3v) is 6.77. The lowest BCUT2D eigenvalue weighted by Crippen LogP contribution is -2.37. The highest BCUT2D eigenvalue weighted by Gasteiger charge is 2.50. The van der Waals surface area contributed by atoms with Gasteiger partial charge in [-0.1, -0.05) is 48.5 Å². The summed E-state index contributed by atoms with van der Waals surface area (Å²) in [5.74, 6) is -1.70. The van der Waals surface area contributed by atoms with Gasteiger partial charge in [-0.2, -0.15) is 11.3 Å². The number of aliphatic hydroxyl groups is 1. The second-order valence-electron chi connectivity index (χ2n) is 7.35. The summed E-state index contributed by atoms with van der Waals surface area (Å²) >= 11 is 1.44. The lowest BCUT2D eigenvalue weighted by molar-refractivity contribution is -0.131. The van der Waals surface area contributed by atoms with E-state index in [-0.39, 0.29) is 23.2 Å². The third kappa shape index (κ3) is 1.78. The molecule has 0 atom stereocenters. The molecule has 134 valence electrons. The fourth-order valence-electron chi connectivity index (χ4n) is 5.01. The van der Waals surface area contributed by atoms with E-state index in [4.69, 9.17) is 0 Å². The first-order chi connectivity index (χ1) is 13.7. The normalized spacial score (nSPS) is 22.3. The van der Waals surface area contributed by atoms with Crippen molar-refractivity contribution in [2.75, 3.05) is 0 Å². The van der Waals surface area contributed by atoms with Gasteiger partial charge in [0, 0.05) is 28.5 Å². The van der Waals surface area contributed by atoms with Gasteiger partial charge in [-0.15, -0.1) is 0 Å². The van der Waals surface area contributed by atoms with Crippen LogP contribution in [0.25, 0.3) is 5.57 Å². The number of carbonyl (C=O) groups is 2. The number of hydrogen-bond donors (Lipinski definition) is 1. The first-order valence-corrected chi connectivity index (χ1v) is 10.1. The van der Waals surface area contributed by atoms with E-state index in [0.717, 1.165) is 22.3 Å². The molecular weight excluding hydrogens is 368 g/mol. The van der Waals surface area contributed by atoms with Gasteiger partial charge >= 0.3 is 0 Å². The molecule has 0 amide bonds. The van der Waals surface area contributed by atoms with E-state index in [0.29, 0.717) is 16.7 Å². The number of aliphatic hydroxyl groups excluding tert-OH is 1. The van der Waals surface area contributed by atoms with Gasteiger partial charge in [0.25, 0.3) is 0 Å². The molecule has 4 heteroatoms. The van der Waals surface area contributed by atoms with Crippen LogP contribution in [0.2, 0.25) is 0 Å². The van der Waals surface area contributed by atoms with Crippen LogP contribution < -0.4 is 0 Å². The number of allylic oxidation sites excluding steroid dienone is 3. The Bertz CT molecular complexity index is 1210. The molecule has 0 aliphatic heterocycles. The van der Waals surface area contributed by atoms with Gasteiger partial charge in [0.2, 0.25) is 11.6 Å². The summed E-state index contributed by atoms with van der Waals surface area (Å²) in [6.45, 7) is 0. The first kappa shape index (κ1) is 15.8. The van der Waals surface area contributed by atoms with Gasteiger partial charge < -0.3 is 5.11 Å². The average Bonchev–Trinajstić information content (AvgIpc) is 3.26. The van der Waals surface area contributed by atoms with Crippen molar-refractivity contribution in [1.29, 1.82) is 0 Å². The molecule has 4 aliphatic carbocycles. The largest absolute Gasteiger partial charge is 0.507 e. The minimum absolute atomic E-state index is 0.0444. The fourth-order valence-corrected chi connectivity index (χ4v) is 5.66. The van der Waals surface area contributed by atoms with Crippen LogP contribution in [-0.4, -0.2) is 16.7 Å². The zero-order chi connectivity index (χ0) is 19.0. The lowest BCUT2D eigenvalue weighted by atomic mass is 9.58. The molecule has 0 fully saturated rings. The minimum atomic E-state index is -0.614. The second-order valence-corrected chi connectivity index (χ2v) is 8.13. The van der Waals surface area contributed by atoms with Crippen LogP contribution in [0.3, 0.4) is 0 Å². The summed E-state index contributed by atoms with van der Waals surface area (Å²) in [7, 11) is 0. The van der Waals surface area contributed by atoms with E-state index in [2.05, 4.69) is 12.1 Å². The number of carbonyl (C=O) groups excluding carboxylic acids is 2. The van der Waals surface area contributed by atoms with Crippen molar-refractivity contribution in [2.45, 2.75) is 11.8 Å². The Morgan fingerprint density at radius 1 is 0.714 bits per heavy atom. The standard InChI is InChI=1S/C24H14O3S/c25-22-17(12-9-10-28-11-12)23(26)24(27)21-19-15-7-3-1-5-13(15)18(20(21)22)14-6-2-4-8-16(14)19/h1-11,18-19,25H. The maximum absolute atomic E-state index is 13.3. The minimum Gasteiger partial charge on any atom is -0.507 e. The summed E-state index contributed by atoms with van der Waals surface area (Å²) in [6, 6.07) is 17.8. The SMILES string of the molecule is O=C1C(=O)C2=C(C(O)=C1c1ccsc1)C1c3ccccc3C2c2ccccc21. The number of thiophene rings is 1.